The number of aryl methyl sites for hydroxylation is 2. The third-order valence-electron chi connectivity index (χ3n) is 3.06. The number of aromatic nitrogens is 1. The fraction of sp³-hybridized carbons (Fsp3) is 0.250. The number of amides is 1. The van der Waals surface area contributed by atoms with E-state index in [1.807, 2.05) is 19.2 Å². The zero-order valence-corrected chi connectivity index (χ0v) is 11.8. The first-order chi connectivity index (χ1) is 9.67. The zero-order chi connectivity index (χ0) is 14.4. The molecule has 1 heterocycles. The predicted molar refractivity (Wildman–Crippen MR) is 81.9 cm³/mol. The number of hydrogen-bond donors (Lipinski definition) is 2. The van der Waals surface area contributed by atoms with E-state index in [0.717, 1.165) is 17.9 Å². The van der Waals surface area contributed by atoms with Gasteiger partial charge < -0.3 is 10.6 Å². The molecule has 0 aliphatic rings. The van der Waals surface area contributed by atoms with Gasteiger partial charge in [0.2, 0.25) is 5.91 Å². The van der Waals surface area contributed by atoms with Crippen molar-refractivity contribution >= 4 is 17.4 Å². The number of nitrogens with one attached hydrogen (secondary N) is 2. The predicted octanol–water partition coefficient (Wildman–Crippen LogP) is 3.00. The molecule has 0 atom stereocenters. The fourth-order valence-electron chi connectivity index (χ4n) is 1.85. The summed E-state index contributed by atoms with van der Waals surface area (Å²) in [6, 6.07) is 11.9. The summed E-state index contributed by atoms with van der Waals surface area (Å²) in [5, 5.41) is 5.78. The van der Waals surface area contributed by atoms with Gasteiger partial charge >= 0.3 is 0 Å². The minimum atomic E-state index is 0.00424. The maximum absolute atomic E-state index is 11.9. The quantitative estimate of drug-likeness (QED) is 0.877. The number of benzene rings is 1. The van der Waals surface area contributed by atoms with Crippen molar-refractivity contribution < 1.29 is 4.79 Å². The first-order valence-corrected chi connectivity index (χ1v) is 6.66. The van der Waals surface area contributed by atoms with E-state index < -0.39 is 0 Å². The standard InChI is InChI=1S/C16H19N3O/c1-12-3-5-13(6-4-12)7-10-16(20)19-14-8-9-15(17-2)18-11-14/h3-6,8-9,11H,7,10H2,1-2H3,(H,17,18)(H,19,20). The Morgan fingerprint density at radius 1 is 1.15 bits per heavy atom. The Hall–Kier alpha value is -2.36. The van der Waals surface area contributed by atoms with E-state index in [4.69, 9.17) is 0 Å². The molecule has 2 N–H and O–H groups in total. The van der Waals surface area contributed by atoms with Crippen molar-refractivity contribution in [1.29, 1.82) is 0 Å². The minimum absolute atomic E-state index is 0.00424. The largest absolute Gasteiger partial charge is 0.373 e. The van der Waals surface area contributed by atoms with Gasteiger partial charge in [-0.05, 0) is 31.0 Å². The van der Waals surface area contributed by atoms with Crippen molar-refractivity contribution in [1.82, 2.24) is 4.98 Å². The lowest BCUT2D eigenvalue weighted by atomic mass is 10.1. The minimum Gasteiger partial charge on any atom is -0.373 e. The maximum Gasteiger partial charge on any atom is 0.224 e. The second-order valence-electron chi connectivity index (χ2n) is 4.72. The SMILES string of the molecule is CNc1ccc(NC(=O)CCc2ccc(C)cc2)cn1. The Morgan fingerprint density at radius 2 is 1.90 bits per heavy atom. The zero-order valence-electron chi connectivity index (χ0n) is 11.8. The highest BCUT2D eigenvalue weighted by Gasteiger charge is 2.03. The van der Waals surface area contributed by atoms with E-state index in [-0.39, 0.29) is 5.91 Å². The summed E-state index contributed by atoms with van der Waals surface area (Å²) < 4.78 is 0. The van der Waals surface area contributed by atoms with Gasteiger partial charge in [-0.3, -0.25) is 4.79 Å². The Morgan fingerprint density at radius 3 is 2.50 bits per heavy atom. The van der Waals surface area contributed by atoms with Crippen LogP contribution in [0.25, 0.3) is 0 Å². The molecule has 0 radical (unpaired) electrons. The summed E-state index contributed by atoms with van der Waals surface area (Å²) in [6.07, 6.45) is 2.86. The number of pyridine rings is 1. The van der Waals surface area contributed by atoms with Crippen LogP contribution in [0.3, 0.4) is 0 Å². The normalized spacial score (nSPS) is 10.1. The molecule has 0 bridgehead atoms. The van der Waals surface area contributed by atoms with E-state index in [0.29, 0.717) is 6.42 Å². The molecule has 2 rings (SSSR count). The molecule has 104 valence electrons. The first kappa shape index (κ1) is 14.1. The van der Waals surface area contributed by atoms with Crippen LogP contribution in [0.1, 0.15) is 17.5 Å². The number of rotatable bonds is 5. The molecule has 0 saturated carbocycles. The second kappa shape index (κ2) is 6.70. The molecule has 4 heteroatoms. The van der Waals surface area contributed by atoms with Crippen LogP contribution < -0.4 is 10.6 Å². The Labute approximate surface area is 119 Å². The highest BCUT2D eigenvalue weighted by Crippen LogP contribution is 2.10. The molecule has 1 aromatic carbocycles. The van der Waals surface area contributed by atoms with Crippen LogP contribution in [0.5, 0.6) is 0 Å². The molecule has 1 amide bonds. The van der Waals surface area contributed by atoms with Gasteiger partial charge in [0.1, 0.15) is 5.82 Å². The molecule has 0 saturated heterocycles. The van der Waals surface area contributed by atoms with E-state index in [1.165, 1.54) is 11.1 Å². The maximum atomic E-state index is 11.9. The smallest absolute Gasteiger partial charge is 0.224 e. The molecule has 1 aromatic heterocycles. The van der Waals surface area contributed by atoms with Crippen molar-refractivity contribution in [3.8, 4) is 0 Å². The van der Waals surface area contributed by atoms with Crippen LogP contribution in [0.4, 0.5) is 11.5 Å². The lowest BCUT2D eigenvalue weighted by molar-refractivity contribution is -0.116. The Kier molecular flexibility index (Phi) is 4.71. The molecular formula is C16H19N3O. The van der Waals surface area contributed by atoms with Crippen LogP contribution in [-0.2, 0) is 11.2 Å². The third-order valence-corrected chi connectivity index (χ3v) is 3.06. The number of hydrogen-bond acceptors (Lipinski definition) is 3. The van der Waals surface area contributed by atoms with Crippen molar-refractivity contribution in [2.75, 3.05) is 17.7 Å². The van der Waals surface area contributed by atoms with Gasteiger partial charge in [-0.2, -0.15) is 0 Å². The Balaban J connectivity index is 1.84. The lowest BCUT2D eigenvalue weighted by Gasteiger charge is -2.06. The fourth-order valence-corrected chi connectivity index (χ4v) is 1.85. The van der Waals surface area contributed by atoms with Gasteiger partial charge in [0.25, 0.3) is 0 Å². The summed E-state index contributed by atoms with van der Waals surface area (Å²) >= 11 is 0. The molecule has 0 fully saturated rings. The lowest BCUT2D eigenvalue weighted by Crippen LogP contribution is -2.12. The van der Waals surface area contributed by atoms with Crippen LogP contribution >= 0.6 is 0 Å². The van der Waals surface area contributed by atoms with Crippen LogP contribution in [-0.4, -0.2) is 17.9 Å². The van der Waals surface area contributed by atoms with Gasteiger partial charge in [0.05, 0.1) is 11.9 Å². The van der Waals surface area contributed by atoms with Crippen LogP contribution in [0, 0.1) is 6.92 Å². The van der Waals surface area contributed by atoms with Gasteiger partial charge in [-0.25, -0.2) is 4.98 Å². The van der Waals surface area contributed by atoms with E-state index in [1.54, 1.807) is 6.20 Å². The number of nitrogens with zero attached hydrogens (tertiary/aromatic N) is 1. The molecule has 4 nitrogen and oxygen atoms in total. The summed E-state index contributed by atoms with van der Waals surface area (Å²) in [5.74, 6) is 0.784. The first-order valence-electron chi connectivity index (χ1n) is 6.66. The summed E-state index contributed by atoms with van der Waals surface area (Å²) in [4.78, 5) is 16.0. The van der Waals surface area contributed by atoms with Crippen molar-refractivity contribution in [3.05, 3.63) is 53.7 Å². The Bertz CT molecular complexity index is 561. The molecule has 0 aliphatic carbocycles. The number of carbonyl (C=O) groups excluding carboxylic acids is 1. The van der Waals surface area contributed by atoms with Crippen molar-refractivity contribution in [2.45, 2.75) is 19.8 Å². The van der Waals surface area contributed by atoms with Gasteiger partial charge in [0, 0.05) is 13.5 Å². The van der Waals surface area contributed by atoms with E-state index in [2.05, 4.69) is 46.8 Å². The average Bonchev–Trinajstić information content (AvgIpc) is 2.47. The molecule has 0 aliphatic heterocycles. The van der Waals surface area contributed by atoms with Crippen LogP contribution in [0.2, 0.25) is 0 Å². The second-order valence-corrected chi connectivity index (χ2v) is 4.72. The summed E-state index contributed by atoms with van der Waals surface area (Å²) in [7, 11) is 1.81. The number of carbonyl (C=O) groups is 1. The van der Waals surface area contributed by atoms with Crippen LogP contribution in [0.15, 0.2) is 42.6 Å². The topological polar surface area (TPSA) is 54.0 Å². The van der Waals surface area contributed by atoms with Gasteiger partial charge in [-0.1, -0.05) is 29.8 Å². The summed E-state index contributed by atoms with van der Waals surface area (Å²) in [5.41, 5.74) is 3.13. The van der Waals surface area contributed by atoms with Crippen molar-refractivity contribution in [2.24, 2.45) is 0 Å². The monoisotopic (exact) mass is 269 g/mol. The molecule has 20 heavy (non-hydrogen) atoms. The van der Waals surface area contributed by atoms with E-state index >= 15 is 0 Å². The molecule has 0 unspecified atom stereocenters. The molecular weight excluding hydrogens is 250 g/mol. The number of anilines is 2. The summed E-state index contributed by atoms with van der Waals surface area (Å²) in [6.45, 7) is 2.05. The highest BCUT2D eigenvalue weighted by molar-refractivity contribution is 5.90. The average molecular weight is 269 g/mol. The molecule has 0 spiro atoms. The highest BCUT2D eigenvalue weighted by atomic mass is 16.1. The third kappa shape index (κ3) is 4.09. The van der Waals surface area contributed by atoms with Gasteiger partial charge in [-0.15, -0.1) is 0 Å². The van der Waals surface area contributed by atoms with Gasteiger partial charge in [0.15, 0.2) is 0 Å². The molecule has 2 aromatic rings. The van der Waals surface area contributed by atoms with Crippen molar-refractivity contribution in [3.63, 3.8) is 0 Å². The van der Waals surface area contributed by atoms with E-state index in [9.17, 15) is 4.79 Å².